The van der Waals surface area contributed by atoms with Crippen LogP contribution in [0.15, 0.2) is 24.5 Å². The summed E-state index contributed by atoms with van der Waals surface area (Å²) in [5.74, 6) is 0.595. The normalized spacial score (nSPS) is 15.1. The Bertz CT molecular complexity index is 246. The smallest absolute Gasteiger partial charge is 0.0270 e. The summed E-state index contributed by atoms with van der Waals surface area (Å²) in [5.41, 5.74) is 1.39. The van der Waals surface area contributed by atoms with Gasteiger partial charge in [-0.3, -0.25) is 4.98 Å². The Hall–Kier alpha value is -0.890. The van der Waals surface area contributed by atoms with Crippen LogP contribution in [0.5, 0.6) is 0 Å². The summed E-state index contributed by atoms with van der Waals surface area (Å²) >= 11 is 0. The van der Waals surface area contributed by atoms with Gasteiger partial charge >= 0.3 is 0 Å². The predicted octanol–water partition coefficient (Wildman–Crippen LogP) is 2.57. The number of rotatable bonds is 5. The number of hydrogen-bond donors (Lipinski definition) is 1. The molecule has 2 nitrogen and oxygen atoms in total. The van der Waals surface area contributed by atoms with Gasteiger partial charge in [-0.05, 0) is 43.5 Å². The highest BCUT2D eigenvalue weighted by Gasteiger charge is 2.15. The molecule has 1 aromatic heterocycles. The fraction of sp³-hybridized carbons (Fsp3) is 0.583. The Balaban J connectivity index is 2.71. The van der Waals surface area contributed by atoms with Gasteiger partial charge < -0.3 is 5.32 Å². The van der Waals surface area contributed by atoms with E-state index in [1.165, 1.54) is 5.56 Å². The Morgan fingerprint density at radius 1 is 1.29 bits per heavy atom. The van der Waals surface area contributed by atoms with Crippen LogP contribution in [0.1, 0.15) is 38.7 Å². The first-order chi connectivity index (χ1) is 6.79. The van der Waals surface area contributed by atoms with E-state index >= 15 is 0 Å². The standard InChI is InChI=1S/C12H20N2/c1-4-12(10(3)14-5-2)11-6-8-13-9-7-11/h6-10,12,14H,4-5H2,1-3H3. The molecule has 0 saturated carbocycles. The number of hydrogen-bond acceptors (Lipinski definition) is 2. The van der Waals surface area contributed by atoms with Crippen LogP contribution >= 0.6 is 0 Å². The molecule has 1 N–H and O–H groups in total. The third-order valence-electron chi connectivity index (χ3n) is 2.70. The van der Waals surface area contributed by atoms with Gasteiger partial charge in [0, 0.05) is 18.4 Å². The molecule has 2 heteroatoms. The number of likely N-dealkylation sites (N-methyl/N-ethyl adjacent to an activating group) is 1. The SMILES string of the molecule is CCNC(C)C(CC)c1ccncc1. The van der Waals surface area contributed by atoms with Crippen molar-refractivity contribution in [1.29, 1.82) is 0 Å². The van der Waals surface area contributed by atoms with Crippen molar-refractivity contribution >= 4 is 0 Å². The zero-order chi connectivity index (χ0) is 10.4. The number of pyridine rings is 1. The van der Waals surface area contributed by atoms with Crippen LogP contribution < -0.4 is 5.32 Å². The molecule has 1 rings (SSSR count). The van der Waals surface area contributed by atoms with Gasteiger partial charge in [0.1, 0.15) is 0 Å². The van der Waals surface area contributed by atoms with E-state index in [4.69, 9.17) is 0 Å². The molecule has 0 aliphatic rings. The number of nitrogens with one attached hydrogen (secondary N) is 1. The molecule has 2 atom stereocenters. The fourth-order valence-corrected chi connectivity index (χ4v) is 1.95. The highest BCUT2D eigenvalue weighted by Crippen LogP contribution is 2.22. The van der Waals surface area contributed by atoms with E-state index in [0.29, 0.717) is 12.0 Å². The molecule has 0 saturated heterocycles. The first kappa shape index (κ1) is 11.2. The van der Waals surface area contributed by atoms with Crippen molar-refractivity contribution in [2.24, 2.45) is 0 Å². The molecule has 0 spiro atoms. The van der Waals surface area contributed by atoms with E-state index in [9.17, 15) is 0 Å². The molecule has 1 aromatic rings. The molecular weight excluding hydrogens is 172 g/mol. The molecule has 1 heterocycles. The van der Waals surface area contributed by atoms with Crippen LogP contribution in [0.25, 0.3) is 0 Å². The van der Waals surface area contributed by atoms with Crippen molar-refractivity contribution in [1.82, 2.24) is 10.3 Å². The average molecular weight is 192 g/mol. The maximum atomic E-state index is 4.05. The quantitative estimate of drug-likeness (QED) is 0.775. The zero-order valence-electron chi connectivity index (χ0n) is 9.33. The number of aromatic nitrogens is 1. The highest BCUT2D eigenvalue weighted by atomic mass is 14.9. The number of nitrogens with zero attached hydrogens (tertiary/aromatic N) is 1. The summed E-state index contributed by atoms with van der Waals surface area (Å²) in [6.45, 7) is 7.66. The van der Waals surface area contributed by atoms with Crippen LogP contribution in [-0.2, 0) is 0 Å². The van der Waals surface area contributed by atoms with Crippen molar-refractivity contribution in [2.45, 2.75) is 39.2 Å². The maximum Gasteiger partial charge on any atom is 0.0270 e. The third-order valence-corrected chi connectivity index (χ3v) is 2.70. The van der Waals surface area contributed by atoms with Crippen LogP contribution in [0.2, 0.25) is 0 Å². The van der Waals surface area contributed by atoms with Gasteiger partial charge in [-0.25, -0.2) is 0 Å². The summed E-state index contributed by atoms with van der Waals surface area (Å²) in [4.78, 5) is 4.05. The van der Waals surface area contributed by atoms with E-state index in [0.717, 1.165) is 13.0 Å². The van der Waals surface area contributed by atoms with Gasteiger partial charge in [0.15, 0.2) is 0 Å². The Kier molecular flexibility index (Phi) is 4.60. The first-order valence-electron chi connectivity index (χ1n) is 5.42. The average Bonchev–Trinajstić information content (AvgIpc) is 2.21. The molecule has 0 aromatic carbocycles. The maximum absolute atomic E-state index is 4.05. The zero-order valence-corrected chi connectivity index (χ0v) is 9.33. The highest BCUT2D eigenvalue weighted by molar-refractivity contribution is 5.17. The molecular formula is C12H20N2. The molecule has 2 unspecified atom stereocenters. The molecule has 0 aliphatic carbocycles. The summed E-state index contributed by atoms with van der Waals surface area (Å²) in [6.07, 6.45) is 4.91. The van der Waals surface area contributed by atoms with E-state index < -0.39 is 0 Å². The van der Waals surface area contributed by atoms with Crippen molar-refractivity contribution in [3.8, 4) is 0 Å². The van der Waals surface area contributed by atoms with Crippen LogP contribution in [0, 0.1) is 0 Å². The van der Waals surface area contributed by atoms with Crippen LogP contribution in [0.4, 0.5) is 0 Å². The minimum absolute atomic E-state index is 0.535. The second-order valence-corrected chi connectivity index (χ2v) is 3.64. The Morgan fingerprint density at radius 3 is 2.43 bits per heavy atom. The summed E-state index contributed by atoms with van der Waals surface area (Å²) < 4.78 is 0. The summed E-state index contributed by atoms with van der Waals surface area (Å²) in [6, 6.07) is 4.76. The van der Waals surface area contributed by atoms with Gasteiger partial charge in [-0.2, -0.15) is 0 Å². The van der Waals surface area contributed by atoms with E-state index in [-0.39, 0.29) is 0 Å². The van der Waals surface area contributed by atoms with Gasteiger partial charge in [0.2, 0.25) is 0 Å². The lowest BCUT2D eigenvalue weighted by molar-refractivity contribution is 0.460. The Morgan fingerprint density at radius 2 is 1.93 bits per heavy atom. The molecule has 0 amide bonds. The van der Waals surface area contributed by atoms with E-state index in [1.54, 1.807) is 0 Å². The van der Waals surface area contributed by atoms with Gasteiger partial charge in [0.05, 0.1) is 0 Å². The van der Waals surface area contributed by atoms with Crippen LogP contribution in [0.3, 0.4) is 0 Å². The van der Waals surface area contributed by atoms with Gasteiger partial charge in [-0.15, -0.1) is 0 Å². The van der Waals surface area contributed by atoms with Crippen LogP contribution in [-0.4, -0.2) is 17.6 Å². The molecule has 0 bridgehead atoms. The lowest BCUT2D eigenvalue weighted by Crippen LogP contribution is -2.31. The Labute approximate surface area is 86.8 Å². The second-order valence-electron chi connectivity index (χ2n) is 3.64. The van der Waals surface area contributed by atoms with E-state index in [2.05, 4.69) is 43.2 Å². The van der Waals surface area contributed by atoms with Crippen molar-refractivity contribution < 1.29 is 0 Å². The van der Waals surface area contributed by atoms with Crippen molar-refractivity contribution in [3.05, 3.63) is 30.1 Å². The van der Waals surface area contributed by atoms with Crippen molar-refractivity contribution in [3.63, 3.8) is 0 Å². The minimum Gasteiger partial charge on any atom is -0.314 e. The topological polar surface area (TPSA) is 24.9 Å². The third kappa shape index (κ3) is 2.81. The summed E-state index contributed by atoms with van der Waals surface area (Å²) in [7, 11) is 0. The molecule has 0 radical (unpaired) electrons. The first-order valence-corrected chi connectivity index (χ1v) is 5.42. The molecule has 0 fully saturated rings. The summed E-state index contributed by atoms with van der Waals surface area (Å²) in [5, 5.41) is 3.47. The van der Waals surface area contributed by atoms with Gasteiger partial charge in [0.25, 0.3) is 0 Å². The lowest BCUT2D eigenvalue weighted by Gasteiger charge is -2.23. The molecule has 0 aliphatic heterocycles. The monoisotopic (exact) mass is 192 g/mol. The van der Waals surface area contributed by atoms with Gasteiger partial charge in [-0.1, -0.05) is 13.8 Å². The fourth-order valence-electron chi connectivity index (χ4n) is 1.95. The molecule has 78 valence electrons. The van der Waals surface area contributed by atoms with E-state index in [1.807, 2.05) is 12.4 Å². The lowest BCUT2D eigenvalue weighted by atomic mass is 9.91. The van der Waals surface area contributed by atoms with Crippen molar-refractivity contribution in [2.75, 3.05) is 6.54 Å². The minimum atomic E-state index is 0.535. The largest absolute Gasteiger partial charge is 0.314 e. The second kappa shape index (κ2) is 5.76. The predicted molar refractivity (Wildman–Crippen MR) is 60.4 cm³/mol. The molecule has 14 heavy (non-hydrogen) atoms.